The quantitative estimate of drug-likeness (QED) is 0.732. The van der Waals surface area contributed by atoms with Gasteiger partial charge >= 0.3 is 0 Å². The molecule has 0 heterocycles. The summed E-state index contributed by atoms with van der Waals surface area (Å²) in [5, 5.41) is 3.54. The lowest BCUT2D eigenvalue weighted by Crippen LogP contribution is -2.16. The van der Waals surface area contributed by atoms with Crippen LogP contribution in [0.1, 0.15) is 34.1 Å². The third-order valence-electron chi connectivity index (χ3n) is 1.70. The van der Waals surface area contributed by atoms with Crippen molar-refractivity contribution in [1.29, 1.82) is 0 Å². The number of carbonyl (C=O) groups excluding carboxylic acids is 1. The minimum Gasteiger partial charge on any atom is -0.330 e. The van der Waals surface area contributed by atoms with Gasteiger partial charge in [-0.25, -0.2) is 0 Å². The third-order valence-corrected chi connectivity index (χ3v) is 2.23. The van der Waals surface area contributed by atoms with Crippen LogP contribution in [-0.2, 0) is 4.79 Å². The molecule has 0 aromatic heterocycles. The molecule has 0 spiro atoms. The maximum absolute atomic E-state index is 10.7. The average molecular weight is 228 g/mol. The van der Waals surface area contributed by atoms with Crippen molar-refractivity contribution in [1.82, 2.24) is 5.32 Å². The number of carbonyl (C=O) groups is 1. The van der Waals surface area contributed by atoms with Crippen LogP contribution in [0.3, 0.4) is 0 Å². The second-order valence-electron chi connectivity index (χ2n) is 3.57. The molecule has 1 N–H and O–H groups in total. The van der Waals surface area contributed by atoms with Gasteiger partial charge < -0.3 is 5.32 Å². The highest BCUT2D eigenvalue weighted by atomic mass is 35.5. The molecule has 0 bridgehead atoms. The fraction of sp³-hybridized carbons (Fsp3) is 0.417. The van der Waals surface area contributed by atoms with E-state index in [0.29, 0.717) is 0 Å². The van der Waals surface area contributed by atoms with Crippen LogP contribution in [0.5, 0.6) is 0 Å². The number of rotatable bonds is 4. The van der Waals surface area contributed by atoms with Crippen LogP contribution >= 0.6 is 11.6 Å². The van der Waals surface area contributed by atoms with Gasteiger partial charge in [-0.1, -0.05) is 29.3 Å². The van der Waals surface area contributed by atoms with E-state index < -0.39 is 0 Å². The summed E-state index contributed by atoms with van der Waals surface area (Å²) in [5.41, 5.74) is 1.95. The number of allylic oxidation sites excluding steroid dienone is 6. The minimum atomic E-state index is -0.0560. The molecule has 0 atom stereocenters. The van der Waals surface area contributed by atoms with Crippen molar-refractivity contribution in [2.24, 2.45) is 0 Å². The van der Waals surface area contributed by atoms with Crippen molar-refractivity contribution in [3.63, 3.8) is 0 Å². The molecule has 0 saturated carbocycles. The maximum atomic E-state index is 10.7. The summed E-state index contributed by atoms with van der Waals surface area (Å²) in [7, 11) is 0. The summed E-state index contributed by atoms with van der Waals surface area (Å²) >= 11 is 5.95. The number of nitrogens with one attached hydrogen (secondary N) is 1. The molecular formula is C12H18ClNO. The molecule has 2 nitrogen and oxygen atoms in total. The predicted octanol–water partition coefficient (Wildman–Crippen LogP) is 3.51. The lowest BCUT2D eigenvalue weighted by molar-refractivity contribution is -0.118. The Labute approximate surface area is 96.7 Å². The van der Waals surface area contributed by atoms with E-state index >= 15 is 0 Å². The number of hydrogen-bond donors (Lipinski definition) is 1. The zero-order chi connectivity index (χ0) is 11.8. The monoisotopic (exact) mass is 227 g/mol. The summed E-state index contributed by atoms with van der Waals surface area (Å²) in [6, 6.07) is 0. The Balaban J connectivity index is 4.10. The molecule has 0 aliphatic heterocycles. The zero-order valence-corrected chi connectivity index (χ0v) is 10.5. The lowest BCUT2D eigenvalue weighted by Gasteiger charge is -1.98. The van der Waals surface area contributed by atoms with Crippen LogP contribution in [0, 0.1) is 0 Å². The Hall–Kier alpha value is -1.02. The molecule has 84 valence electrons. The van der Waals surface area contributed by atoms with Gasteiger partial charge in [-0.3, -0.25) is 4.79 Å². The van der Waals surface area contributed by atoms with Crippen LogP contribution in [0.2, 0.25) is 0 Å². The molecule has 15 heavy (non-hydrogen) atoms. The largest absolute Gasteiger partial charge is 0.330 e. The normalized spacial score (nSPS) is 11.7. The van der Waals surface area contributed by atoms with Crippen molar-refractivity contribution in [3.8, 4) is 0 Å². The van der Waals surface area contributed by atoms with Crippen molar-refractivity contribution in [3.05, 3.63) is 34.5 Å². The van der Waals surface area contributed by atoms with Crippen LogP contribution < -0.4 is 5.32 Å². The van der Waals surface area contributed by atoms with Gasteiger partial charge in [-0.05, 0) is 26.8 Å². The number of amides is 1. The van der Waals surface area contributed by atoms with Crippen molar-refractivity contribution >= 4 is 17.5 Å². The van der Waals surface area contributed by atoms with E-state index in [9.17, 15) is 4.79 Å². The van der Waals surface area contributed by atoms with Gasteiger partial charge in [0.2, 0.25) is 5.91 Å². The van der Waals surface area contributed by atoms with Crippen molar-refractivity contribution < 1.29 is 4.79 Å². The maximum Gasteiger partial charge on any atom is 0.220 e. The molecule has 0 aliphatic rings. The van der Waals surface area contributed by atoms with E-state index in [4.69, 9.17) is 11.6 Å². The van der Waals surface area contributed by atoms with E-state index in [1.165, 1.54) is 6.92 Å². The van der Waals surface area contributed by atoms with E-state index in [1.807, 2.05) is 39.0 Å². The van der Waals surface area contributed by atoms with E-state index in [-0.39, 0.29) is 5.91 Å². The Morgan fingerprint density at radius 3 is 2.33 bits per heavy atom. The topological polar surface area (TPSA) is 29.1 Å². The summed E-state index contributed by atoms with van der Waals surface area (Å²) in [4.78, 5) is 10.7. The summed E-state index contributed by atoms with van der Waals surface area (Å²) in [6.07, 6.45) is 6.42. The van der Waals surface area contributed by atoms with Crippen LogP contribution in [-0.4, -0.2) is 5.91 Å². The molecule has 0 unspecified atom stereocenters. The Morgan fingerprint density at radius 2 is 1.87 bits per heavy atom. The molecule has 1 amide bonds. The van der Waals surface area contributed by atoms with Gasteiger partial charge in [-0.15, -0.1) is 0 Å². The second-order valence-corrected chi connectivity index (χ2v) is 4.02. The van der Waals surface area contributed by atoms with Gasteiger partial charge in [0.15, 0.2) is 0 Å². The molecule has 3 heteroatoms. The molecule has 0 radical (unpaired) electrons. The number of hydrogen-bond acceptors (Lipinski definition) is 1. The van der Waals surface area contributed by atoms with Crippen molar-refractivity contribution in [2.75, 3.05) is 0 Å². The Kier molecular flexibility index (Phi) is 6.80. The van der Waals surface area contributed by atoms with Crippen LogP contribution in [0.25, 0.3) is 0 Å². The average Bonchev–Trinajstić information content (AvgIpc) is 2.10. The minimum absolute atomic E-state index is 0.0560. The predicted molar refractivity (Wildman–Crippen MR) is 65.6 cm³/mol. The molecule has 0 aromatic rings. The second kappa shape index (κ2) is 7.30. The zero-order valence-electron chi connectivity index (χ0n) is 9.73. The molecule has 0 fully saturated rings. The third kappa shape index (κ3) is 8.01. The van der Waals surface area contributed by atoms with Gasteiger partial charge in [0, 0.05) is 24.1 Å². The van der Waals surface area contributed by atoms with Gasteiger partial charge in [0.25, 0.3) is 0 Å². The van der Waals surface area contributed by atoms with E-state index in [0.717, 1.165) is 22.7 Å². The first-order valence-corrected chi connectivity index (χ1v) is 5.24. The molecule has 0 aliphatic carbocycles. The molecule has 0 saturated heterocycles. The van der Waals surface area contributed by atoms with Gasteiger partial charge in [0.1, 0.15) is 0 Å². The summed E-state index contributed by atoms with van der Waals surface area (Å²) in [5.74, 6) is -0.0560. The standard InChI is InChI=1S/C12H18ClNO/c1-9(2)12(13)8-6-5-7-10(3)14-11(4)15/h5-7H,8H2,1-4H3,(H,14,15)/b6-5?,10-7+. The molecule has 0 aromatic carbocycles. The van der Waals surface area contributed by atoms with Crippen molar-refractivity contribution in [2.45, 2.75) is 34.1 Å². The summed E-state index contributed by atoms with van der Waals surface area (Å²) in [6.45, 7) is 7.29. The lowest BCUT2D eigenvalue weighted by atomic mass is 10.2. The van der Waals surface area contributed by atoms with Crippen LogP contribution in [0.15, 0.2) is 34.5 Å². The highest BCUT2D eigenvalue weighted by Gasteiger charge is 1.91. The Morgan fingerprint density at radius 1 is 1.27 bits per heavy atom. The first kappa shape index (κ1) is 14.0. The number of halogens is 1. The SMILES string of the molecule is CC(=O)N/C(C)=C/C=CCC(Cl)=C(C)C. The first-order valence-electron chi connectivity index (χ1n) is 4.86. The smallest absolute Gasteiger partial charge is 0.220 e. The fourth-order valence-corrected chi connectivity index (χ4v) is 0.996. The molecule has 0 rings (SSSR count). The highest BCUT2D eigenvalue weighted by molar-refractivity contribution is 6.30. The van der Waals surface area contributed by atoms with E-state index in [1.54, 1.807) is 0 Å². The Bertz CT molecular complexity index is 310. The first-order chi connectivity index (χ1) is 6.93. The van der Waals surface area contributed by atoms with Crippen LogP contribution in [0.4, 0.5) is 0 Å². The van der Waals surface area contributed by atoms with Gasteiger partial charge in [0.05, 0.1) is 0 Å². The fourth-order valence-electron chi connectivity index (χ4n) is 0.907. The molecular weight excluding hydrogens is 210 g/mol. The summed E-state index contributed by atoms with van der Waals surface area (Å²) < 4.78 is 0. The van der Waals surface area contributed by atoms with E-state index in [2.05, 4.69) is 5.32 Å². The van der Waals surface area contributed by atoms with Gasteiger partial charge in [-0.2, -0.15) is 0 Å². The highest BCUT2D eigenvalue weighted by Crippen LogP contribution is 2.13.